The molecule has 1 N–H and O–H groups in total. The van der Waals surface area contributed by atoms with Gasteiger partial charge in [-0.2, -0.15) is 0 Å². The van der Waals surface area contributed by atoms with E-state index in [1.165, 1.54) is 7.11 Å². The molecule has 26 heavy (non-hydrogen) atoms. The van der Waals surface area contributed by atoms with Gasteiger partial charge in [0.15, 0.2) is 11.5 Å². The Hall–Kier alpha value is -1.50. The van der Waals surface area contributed by atoms with Crippen molar-refractivity contribution in [3.05, 3.63) is 22.7 Å². The van der Waals surface area contributed by atoms with Crippen LogP contribution in [0.15, 0.2) is 12.1 Å². The first kappa shape index (κ1) is 20.8. The minimum Gasteiger partial charge on any atom is -0.493 e. The second kappa shape index (κ2) is 8.93. The molecule has 0 aliphatic carbocycles. The molecular formula is C19H29ClN2O4. The maximum atomic E-state index is 12.6. The molecule has 1 aliphatic rings. The summed E-state index contributed by atoms with van der Waals surface area (Å²) in [4.78, 5) is 14.9. The van der Waals surface area contributed by atoms with E-state index in [-0.39, 0.29) is 17.6 Å². The second-order valence-corrected chi connectivity index (χ2v) is 7.66. The molecule has 0 atom stereocenters. The third kappa shape index (κ3) is 5.25. The highest BCUT2D eigenvalue weighted by Crippen LogP contribution is 2.37. The SMILES string of the molecule is COc1cc(C(=O)NCC(C)(C)N2CCOCC2)cc(Cl)c1OC(C)C. The van der Waals surface area contributed by atoms with Crippen LogP contribution >= 0.6 is 11.6 Å². The van der Waals surface area contributed by atoms with Gasteiger partial charge in [-0.05, 0) is 39.8 Å². The van der Waals surface area contributed by atoms with Gasteiger partial charge < -0.3 is 19.5 Å². The number of hydrogen-bond donors (Lipinski definition) is 1. The molecule has 7 heteroatoms. The van der Waals surface area contributed by atoms with E-state index < -0.39 is 0 Å². The number of ether oxygens (including phenoxy) is 3. The molecule has 1 aliphatic heterocycles. The number of amides is 1. The Morgan fingerprint density at radius 1 is 1.35 bits per heavy atom. The topological polar surface area (TPSA) is 60.0 Å². The van der Waals surface area contributed by atoms with Crippen LogP contribution in [0.3, 0.4) is 0 Å². The van der Waals surface area contributed by atoms with Crippen molar-refractivity contribution in [2.45, 2.75) is 39.3 Å². The summed E-state index contributed by atoms with van der Waals surface area (Å²) in [6.45, 7) is 11.7. The van der Waals surface area contributed by atoms with Crippen LogP contribution in [0.25, 0.3) is 0 Å². The maximum Gasteiger partial charge on any atom is 0.251 e. The van der Waals surface area contributed by atoms with Crippen molar-refractivity contribution >= 4 is 17.5 Å². The van der Waals surface area contributed by atoms with E-state index in [0.717, 1.165) is 26.3 Å². The quantitative estimate of drug-likeness (QED) is 0.783. The zero-order valence-electron chi connectivity index (χ0n) is 16.2. The number of nitrogens with one attached hydrogen (secondary N) is 1. The summed E-state index contributed by atoms with van der Waals surface area (Å²) in [5.41, 5.74) is 0.286. The number of morpholine rings is 1. The van der Waals surface area contributed by atoms with Gasteiger partial charge in [0.2, 0.25) is 0 Å². The predicted molar refractivity (Wildman–Crippen MR) is 103 cm³/mol. The summed E-state index contributed by atoms with van der Waals surface area (Å²) in [7, 11) is 1.53. The fourth-order valence-electron chi connectivity index (χ4n) is 2.88. The van der Waals surface area contributed by atoms with Gasteiger partial charge in [-0.3, -0.25) is 9.69 Å². The van der Waals surface area contributed by atoms with Crippen LogP contribution in [0.1, 0.15) is 38.1 Å². The number of hydrogen-bond acceptors (Lipinski definition) is 5. The molecular weight excluding hydrogens is 356 g/mol. The van der Waals surface area contributed by atoms with Gasteiger partial charge >= 0.3 is 0 Å². The Bertz CT molecular complexity index is 628. The zero-order valence-corrected chi connectivity index (χ0v) is 17.0. The Morgan fingerprint density at radius 2 is 2.00 bits per heavy atom. The molecule has 146 valence electrons. The molecule has 0 unspecified atom stereocenters. The highest BCUT2D eigenvalue weighted by atomic mass is 35.5. The van der Waals surface area contributed by atoms with Gasteiger partial charge in [0.25, 0.3) is 5.91 Å². The summed E-state index contributed by atoms with van der Waals surface area (Å²) < 4.78 is 16.4. The summed E-state index contributed by atoms with van der Waals surface area (Å²) in [6, 6.07) is 3.26. The van der Waals surface area contributed by atoms with Crippen molar-refractivity contribution in [1.82, 2.24) is 10.2 Å². The van der Waals surface area contributed by atoms with Gasteiger partial charge in [-0.15, -0.1) is 0 Å². The van der Waals surface area contributed by atoms with Crippen molar-refractivity contribution in [2.24, 2.45) is 0 Å². The largest absolute Gasteiger partial charge is 0.493 e. The average molecular weight is 385 g/mol. The van der Waals surface area contributed by atoms with E-state index >= 15 is 0 Å². The molecule has 1 amide bonds. The van der Waals surface area contributed by atoms with E-state index in [1.54, 1.807) is 12.1 Å². The van der Waals surface area contributed by atoms with E-state index in [4.69, 9.17) is 25.8 Å². The molecule has 0 spiro atoms. The van der Waals surface area contributed by atoms with Crippen LogP contribution in [0.4, 0.5) is 0 Å². The number of carbonyl (C=O) groups is 1. The molecule has 2 rings (SSSR count). The summed E-state index contributed by atoms with van der Waals surface area (Å²) in [5.74, 6) is 0.709. The lowest BCUT2D eigenvalue weighted by atomic mass is 10.0. The average Bonchev–Trinajstić information content (AvgIpc) is 2.61. The molecule has 1 aromatic carbocycles. The van der Waals surface area contributed by atoms with Gasteiger partial charge in [-0.25, -0.2) is 0 Å². The molecule has 0 aromatic heterocycles. The molecule has 0 saturated carbocycles. The van der Waals surface area contributed by atoms with E-state index in [2.05, 4.69) is 24.1 Å². The fourth-order valence-corrected chi connectivity index (χ4v) is 3.14. The number of methoxy groups -OCH3 is 1. The third-order valence-corrected chi connectivity index (χ3v) is 4.67. The highest BCUT2D eigenvalue weighted by Gasteiger charge is 2.29. The zero-order chi connectivity index (χ0) is 19.3. The molecule has 1 saturated heterocycles. The number of nitrogens with zero attached hydrogens (tertiary/aromatic N) is 1. The first-order valence-electron chi connectivity index (χ1n) is 8.90. The van der Waals surface area contributed by atoms with Crippen LogP contribution < -0.4 is 14.8 Å². The normalized spacial score (nSPS) is 15.8. The number of carbonyl (C=O) groups excluding carboxylic acids is 1. The summed E-state index contributed by atoms with van der Waals surface area (Å²) >= 11 is 6.31. The highest BCUT2D eigenvalue weighted by molar-refractivity contribution is 6.32. The summed E-state index contributed by atoms with van der Waals surface area (Å²) in [6.07, 6.45) is -0.0459. The lowest BCUT2D eigenvalue weighted by Gasteiger charge is -2.40. The van der Waals surface area contributed by atoms with E-state index in [0.29, 0.717) is 28.6 Å². The van der Waals surface area contributed by atoms with Crippen LogP contribution in [-0.2, 0) is 4.74 Å². The first-order chi connectivity index (χ1) is 12.2. The third-order valence-electron chi connectivity index (χ3n) is 4.39. The summed E-state index contributed by atoms with van der Waals surface area (Å²) in [5, 5.41) is 3.36. The lowest BCUT2D eigenvalue weighted by molar-refractivity contribution is -0.00923. The van der Waals surface area contributed by atoms with Crippen molar-refractivity contribution < 1.29 is 19.0 Å². The van der Waals surface area contributed by atoms with Crippen molar-refractivity contribution in [2.75, 3.05) is 40.0 Å². The Balaban J connectivity index is 2.08. The Labute approximate surface area is 160 Å². The number of halogens is 1. The van der Waals surface area contributed by atoms with Crippen LogP contribution in [-0.4, -0.2) is 62.4 Å². The molecule has 0 radical (unpaired) electrons. The van der Waals surface area contributed by atoms with Crippen LogP contribution in [0.5, 0.6) is 11.5 Å². The van der Waals surface area contributed by atoms with Gasteiger partial charge in [0.05, 0.1) is 31.5 Å². The minimum absolute atomic E-state index is 0.0459. The van der Waals surface area contributed by atoms with Gasteiger partial charge in [0, 0.05) is 30.7 Å². The first-order valence-corrected chi connectivity index (χ1v) is 9.27. The second-order valence-electron chi connectivity index (χ2n) is 7.25. The molecule has 0 bridgehead atoms. The number of rotatable bonds is 7. The van der Waals surface area contributed by atoms with Crippen molar-refractivity contribution in [1.29, 1.82) is 0 Å². The Morgan fingerprint density at radius 3 is 2.58 bits per heavy atom. The molecule has 6 nitrogen and oxygen atoms in total. The standard InChI is InChI=1S/C19H29ClN2O4/c1-13(2)26-17-15(20)10-14(11-16(17)24-5)18(23)21-12-19(3,4)22-6-8-25-9-7-22/h10-11,13H,6-9,12H2,1-5H3,(H,21,23). The van der Waals surface area contributed by atoms with Crippen molar-refractivity contribution in [3.8, 4) is 11.5 Å². The molecule has 1 aromatic rings. The van der Waals surface area contributed by atoms with Crippen LogP contribution in [0.2, 0.25) is 5.02 Å². The van der Waals surface area contributed by atoms with Crippen molar-refractivity contribution in [3.63, 3.8) is 0 Å². The Kier molecular flexibility index (Phi) is 7.15. The van der Waals surface area contributed by atoms with E-state index in [9.17, 15) is 4.79 Å². The molecule has 1 fully saturated rings. The van der Waals surface area contributed by atoms with E-state index in [1.807, 2.05) is 13.8 Å². The number of benzene rings is 1. The van der Waals surface area contributed by atoms with Crippen LogP contribution in [0, 0.1) is 0 Å². The van der Waals surface area contributed by atoms with Gasteiger partial charge in [-0.1, -0.05) is 11.6 Å². The lowest BCUT2D eigenvalue weighted by Crippen LogP contribution is -2.55. The predicted octanol–water partition coefficient (Wildman–Crippen LogP) is 2.98. The molecule has 1 heterocycles. The maximum absolute atomic E-state index is 12.6. The minimum atomic E-state index is -0.192. The fraction of sp³-hybridized carbons (Fsp3) is 0.632. The monoisotopic (exact) mass is 384 g/mol. The van der Waals surface area contributed by atoms with Gasteiger partial charge in [0.1, 0.15) is 0 Å². The smallest absolute Gasteiger partial charge is 0.251 e.